The second kappa shape index (κ2) is 4.23. The number of esters is 1. The van der Waals surface area contributed by atoms with E-state index in [1.807, 2.05) is 0 Å². The van der Waals surface area contributed by atoms with Crippen LogP contribution in [0.1, 0.15) is 52.9 Å². The van der Waals surface area contributed by atoms with E-state index in [2.05, 4.69) is 19.9 Å². The van der Waals surface area contributed by atoms with Gasteiger partial charge in [-0.1, -0.05) is 18.6 Å². The highest BCUT2D eigenvalue weighted by Gasteiger charge is 2.49. The number of carbonyl (C=O) groups is 1. The molecular weight excluding hydrogens is 200 g/mol. The average molecular weight is 222 g/mol. The van der Waals surface area contributed by atoms with Gasteiger partial charge >= 0.3 is 5.97 Å². The molecule has 0 unspecified atom stereocenters. The van der Waals surface area contributed by atoms with E-state index in [-0.39, 0.29) is 12.1 Å². The van der Waals surface area contributed by atoms with Gasteiger partial charge in [-0.05, 0) is 44.4 Å². The SMILES string of the molecule is C/C=C1\CC[C@H]2[C@@H](OC(C)=O)CCC[C@]12C. The van der Waals surface area contributed by atoms with Gasteiger partial charge in [-0.2, -0.15) is 0 Å². The lowest BCUT2D eigenvalue weighted by molar-refractivity contribution is -0.153. The zero-order valence-corrected chi connectivity index (χ0v) is 10.6. The van der Waals surface area contributed by atoms with Crippen LogP contribution in [0.5, 0.6) is 0 Å². The molecule has 0 aromatic heterocycles. The Morgan fingerprint density at radius 3 is 2.88 bits per heavy atom. The predicted octanol–water partition coefficient (Wildman–Crippen LogP) is 3.46. The molecule has 2 fully saturated rings. The van der Waals surface area contributed by atoms with Crippen molar-refractivity contribution < 1.29 is 9.53 Å². The summed E-state index contributed by atoms with van der Waals surface area (Å²) in [5, 5.41) is 0. The first-order valence-electron chi connectivity index (χ1n) is 6.41. The first kappa shape index (κ1) is 11.7. The van der Waals surface area contributed by atoms with Crippen molar-refractivity contribution in [3.63, 3.8) is 0 Å². The zero-order valence-electron chi connectivity index (χ0n) is 10.6. The van der Waals surface area contributed by atoms with Gasteiger partial charge in [0.1, 0.15) is 6.10 Å². The highest BCUT2D eigenvalue weighted by Crippen LogP contribution is 2.55. The summed E-state index contributed by atoms with van der Waals surface area (Å²) in [7, 11) is 0. The van der Waals surface area contributed by atoms with Crippen molar-refractivity contribution in [1.29, 1.82) is 0 Å². The molecule has 2 aliphatic rings. The minimum atomic E-state index is -0.122. The third-order valence-electron chi connectivity index (χ3n) is 4.58. The first-order valence-corrected chi connectivity index (χ1v) is 6.41. The Morgan fingerprint density at radius 1 is 1.50 bits per heavy atom. The van der Waals surface area contributed by atoms with Crippen molar-refractivity contribution in [3.8, 4) is 0 Å². The van der Waals surface area contributed by atoms with Crippen molar-refractivity contribution in [1.82, 2.24) is 0 Å². The molecule has 2 aliphatic carbocycles. The highest BCUT2D eigenvalue weighted by atomic mass is 16.5. The lowest BCUT2D eigenvalue weighted by Gasteiger charge is -2.42. The van der Waals surface area contributed by atoms with E-state index in [0.717, 1.165) is 6.42 Å². The van der Waals surface area contributed by atoms with Crippen LogP contribution in [0.4, 0.5) is 0 Å². The standard InChI is InChI=1S/C14H22O2/c1-4-11-7-8-12-13(16-10(2)15)6-5-9-14(11,12)3/h4,12-13H,5-9H2,1-3H3/b11-4+/t12-,13-,14+/m0/s1. The fraction of sp³-hybridized carbons (Fsp3) is 0.786. The Kier molecular flexibility index (Phi) is 3.09. The van der Waals surface area contributed by atoms with E-state index >= 15 is 0 Å². The zero-order chi connectivity index (χ0) is 11.8. The molecule has 0 amide bonds. The molecule has 0 aliphatic heterocycles. The van der Waals surface area contributed by atoms with Crippen LogP contribution in [-0.4, -0.2) is 12.1 Å². The second-order valence-corrected chi connectivity index (χ2v) is 5.42. The van der Waals surface area contributed by atoms with E-state index < -0.39 is 0 Å². The Balaban J connectivity index is 2.19. The third kappa shape index (κ3) is 1.79. The summed E-state index contributed by atoms with van der Waals surface area (Å²) >= 11 is 0. The van der Waals surface area contributed by atoms with Crippen LogP contribution in [0.25, 0.3) is 0 Å². The third-order valence-corrected chi connectivity index (χ3v) is 4.58. The molecule has 90 valence electrons. The monoisotopic (exact) mass is 222 g/mol. The molecule has 0 bridgehead atoms. The normalized spacial score (nSPS) is 40.8. The molecule has 0 heterocycles. The van der Waals surface area contributed by atoms with Crippen LogP contribution < -0.4 is 0 Å². The second-order valence-electron chi connectivity index (χ2n) is 5.42. The molecule has 0 radical (unpaired) electrons. The summed E-state index contributed by atoms with van der Waals surface area (Å²) in [6, 6.07) is 0. The molecule has 2 rings (SSSR count). The molecule has 2 nitrogen and oxygen atoms in total. The van der Waals surface area contributed by atoms with Crippen LogP contribution in [0, 0.1) is 11.3 Å². The fourth-order valence-corrected chi connectivity index (χ4v) is 3.80. The average Bonchev–Trinajstić information content (AvgIpc) is 2.54. The van der Waals surface area contributed by atoms with Gasteiger partial charge in [-0.3, -0.25) is 4.79 Å². The van der Waals surface area contributed by atoms with E-state index in [9.17, 15) is 4.79 Å². The van der Waals surface area contributed by atoms with Crippen LogP contribution in [-0.2, 0) is 9.53 Å². The van der Waals surface area contributed by atoms with Gasteiger partial charge in [0.05, 0.1) is 0 Å². The van der Waals surface area contributed by atoms with E-state index in [0.29, 0.717) is 11.3 Å². The number of carbonyl (C=O) groups excluding carboxylic acids is 1. The van der Waals surface area contributed by atoms with Crippen LogP contribution in [0.15, 0.2) is 11.6 Å². The number of allylic oxidation sites excluding steroid dienone is 2. The molecule has 0 N–H and O–H groups in total. The summed E-state index contributed by atoms with van der Waals surface area (Å²) in [5.74, 6) is 0.430. The van der Waals surface area contributed by atoms with Crippen molar-refractivity contribution in [2.45, 2.75) is 59.0 Å². The van der Waals surface area contributed by atoms with Crippen LogP contribution in [0.2, 0.25) is 0 Å². The quantitative estimate of drug-likeness (QED) is 0.501. The number of ether oxygens (including phenoxy) is 1. The van der Waals surface area contributed by atoms with Gasteiger partial charge < -0.3 is 4.74 Å². The van der Waals surface area contributed by atoms with Crippen molar-refractivity contribution >= 4 is 5.97 Å². The number of hydrogen-bond acceptors (Lipinski definition) is 2. The van der Waals surface area contributed by atoms with Gasteiger partial charge in [0.15, 0.2) is 0 Å². The van der Waals surface area contributed by atoms with Gasteiger partial charge in [0.2, 0.25) is 0 Å². The van der Waals surface area contributed by atoms with Crippen molar-refractivity contribution in [2.24, 2.45) is 11.3 Å². The Morgan fingerprint density at radius 2 is 2.25 bits per heavy atom. The fourth-order valence-electron chi connectivity index (χ4n) is 3.80. The highest BCUT2D eigenvalue weighted by molar-refractivity contribution is 5.66. The van der Waals surface area contributed by atoms with Gasteiger partial charge in [0, 0.05) is 12.8 Å². The Labute approximate surface area is 98.1 Å². The molecular formula is C14H22O2. The molecule has 2 heteroatoms. The maximum absolute atomic E-state index is 11.1. The van der Waals surface area contributed by atoms with Crippen LogP contribution in [0.3, 0.4) is 0 Å². The van der Waals surface area contributed by atoms with Gasteiger partial charge in [0.25, 0.3) is 0 Å². The number of rotatable bonds is 1. The van der Waals surface area contributed by atoms with E-state index in [4.69, 9.17) is 4.74 Å². The summed E-state index contributed by atoms with van der Waals surface area (Å²) in [5.41, 5.74) is 1.88. The molecule has 0 spiro atoms. The number of hydrogen-bond donors (Lipinski definition) is 0. The molecule has 3 atom stereocenters. The van der Waals surface area contributed by atoms with E-state index in [1.54, 1.807) is 5.57 Å². The summed E-state index contributed by atoms with van der Waals surface area (Å²) < 4.78 is 5.50. The topological polar surface area (TPSA) is 26.3 Å². The Bertz CT molecular complexity index is 319. The molecule has 16 heavy (non-hydrogen) atoms. The minimum absolute atomic E-state index is 0.122. The maximum Gasteiger partial charge on any atom is 0.302 e. The smallest absolute Gasteiger partial charge is 0.302 e. The molecule has 0 aromatic carbocycles. The van der Waals surface area contributed by atoms with Crippen LogP contribution >= 0.6 is 0 Å². The van der Waals surface area contributed by atoms with Gasteiger partial charge in [-0.15, -0.1) is 0 Å². The summed E-state index contributed by atoms with van der Waals surface area (Å²) in [4.78, 5) is 11.1. The summed E-state index contributed by atoms with van der Waals surface area (Å²) in [6.07, 6.45) is 8.31. The predicted molar refractivity (Wildman–Crippen MR) is 64.0 cm³/mol. The maximum atomic E-state index is 11.1. The number of fused-ring (bicyclic) bond motifs is 1. The molecule has 2 saturated carbocycles. The first-order chi connectivity index (χ1) is 7.58. The van der Waals surface area contributed by atoms with Crippen molar-refractivity contribution in [2.75, 3.05) is 0 Å². The molecule has 0 saturated heterocycles. The largest absolute Gasteiger partial charge is 0.462 e. The van der Waals surface area contributed by atoms with E-state index in [1.165, 1.54) is 32.6 Å². The lowest BCUT2D eigenvalue weighted by Crippen LogP contribution is -2.39. The Hall–Kier alpha value is -0.790. The van der Waals surface area contributed by atoms with Crippen molar-refractivity contribution in [3.05, 3.63) is 11.6 Å². The van der Waals surface area contributed by atoms with Gasteiger partial charge in [-0.25, -0.2) is 0 Å². The summed E-state index contributed by atoms with van der Waals surface area (Å²) in [6.45, 7) is 6.02. The molecule has 0 aromatic rings. The lowest BCUT2D eigenvalue weighted by atomic mass is 9.66. The minimum Gasteiger partial charge on any atom is -0.462 e.